The average Bonchev–Trinajstić information content (AvgIpc) is 3.07. The maximum atomic E-state index is 6.25. The van der Waals surface area contributed by atoms with Gasteiger partial charge in [0.05, 0.1) is 11.1 Å². The van der Waals surface area contributed by atoms with Crippen LogP contribution in [0.4, 0.5) is 0 Å². The standard InChI is InChI=1S/C17H22ClNOS/c1-3-9-19-16(17(2)8-5-10-21-17)14-11-12-6-4-7-13(18)15(12)20-14/h4,6-7,11,16,19H,3,5,8-10H2,1-2H3. The Bertz CT molecular complexity index is 618. The second-order valence-corrected chi connectivity index (χ2v) is 8.00. The lowest BCUT2D eigenvalue weighted by atomic mass is 9.94. The summed E-state index contributed by atoms with van der Waals surface area (Å²) in [5.74, 6) is 2.25. The number of hydrogen-bond acceptors (Lipinski definition) is 3. The molecule has 0 radical (unpaired) electrons. The van der Waals surface area contributed by atoms with E-state index in [1.165, 1.54) is 18.6 Å². The molecule has 0 bridgehead atoms. The lowest BCUT2D eigenvalue weighted by molar-refractivity contribution is 0.355. The molecule has 1 aliphatic heterocycles. The monoisotopic (exact) mass is 323 g/mol. The van der Waals surface area contributed by atoms with E-state index < -0.39 is 0 Å². The molecule has 0 saturated carbocycles. The van der Waals surface area contributed by atoms with E-state index in [0.717, 1.165) is 29.7 Å². The molecule has 1 saturated heterocycles. The van der Waals surface area contributed by atoms with Gasteiger partial charge in [0.15, 0.2) is 5.58 Å². The first kappa shape index (κ1) is 15.3. The number of nitrogens with one attached hydrogen (secondary N) is 1. The van der Waals surface area contributed by atoms with Crippen LogP contribution >= 0.6 is 23.4 Å². The van der Waals surface area contributed by atoms with E-state index in [-0.39, 0.29) is 10.8 Å². The van der Waals surface area contributed by atoms with Crippen molar-refractivity contribution in [2.24, 2.45) is 0 Å². The third-order valence-corrected chi connectivity index (χ3v) is 6.15. The average molecular weight is 324 g/mol. The van der Waals surface area contributed by atoms with Gasteiger partial charge >= 0.3 is 0 Å². The maximum Gasteiger partial charge on any atom is 0.152 e. The number of benzene rings is 1. The molecule has 3 rings (SSSR count). The number of hydrogen-bond donors (Lipinski definition) is 1. The van der Waals surface area contributed by atoms with Gasteiger partial charge in [-0.25, -0.2) is 0 Å². The fraction of sp³-hybridized carbons (Fsp3) is 0.529. The predicted molar refractivity (Wildman–Crippen MR) is 92.4 cm³/mol. The number of halogens is 1. The Kier molecular flexibility index (Phi) is 4.53. The molecule has 2 atom stereocenters. The summed E-state index contributed by atoms with van der Waals surface area (Å²) in [4.78, 5) is 0. The van der Waals surface area contributed by atoms with Crippen LogP contribution in [0.25, 0.3) is 11.0 Å². The van der Waals surface area contributed by atoms with Crippen molar-refractivity contribution >= 4 is 34.3 Å². The fourth-order valence-electron chi connectivity index (χ4n) is 3.12. The molecule has 2 aromatic rings. The molecule has 0 spiro atoms. The second kappa shape index (κ2) is 6.23. The van der Waals surface area contributed by atoms with Gasteiger partial charge in [-0.05, 0) is 50.6 Å². The highest BCUT2D eigenvalue weighted by molar-refractivity contribution is 8.00. The van der Waals surface area contributed by atoms with E-state index >= 15 is 0 Å². The lowest BCUT2D eigenvalue weighted by Crippen LogP contribution is -2.37. The molecular formula is C17H22ClNOS. The number of thioether (sulfide) groups is 1. The predicted octanol–water partition coefficient (Wildman–Crippen LogP) is 5.41. The normalized spacial score (nSPS) is 23.8. The highest BCUT2D eigenvalue weighted by Crippen LogP contribution is 2.47. The number of furan rings is 1. The van der Waals surface area contributed by atoms with Gasteiger partial charge in [0, 0.05) is 10.1 Å². The van der Waals surface area contributed by atoms with Gasteiger partial charge in [-0.2, -0.15) is 11.8 Å². The molecule has 1 aliphatic rings. The van der Waals surface area contributed by atoms with Crippen LogP contribution in [0, 0.1) is 0 Å². The minimum absolute atomic E-state index is 0.204. The van der Waals surface area contributed by atoms with Crippen molar-refractivity contribution in [1.29, 1.82) is 0 Å². The van der Waals surface area contributed by atoms with Gasteiger partial charge in [0.2, 0.25) is 0 Å². The smallest absolute Gasteiger partial charge is 0.152 e. The molecule has 114 valence electrons. The van der Waals surface area contributed by atoms with Crippen molar-refractivity contribution in [2.45, 2.75) is 43.9 Å². The summed E-state index contributed by atoms with van der Waals surface area (Å²) >= 11 is 8.31. The molecule has 0 amide bonds. The minimum atomic E-state index is 0.204. The fourth-order valence-corrected chi connectivity index (χ4v) is 4.75. The van der Waals surface area contributed by atoms with Crippen LogP contribution in [0.1, 0.15) is 44.9 Å². The van der Waals surface area contributed by atoms with Crippen LogP contribution < -0.4 is 5.32 Å². The Morgan fingerprint density at radius 3 is 3.00 bits per heavy atom. The molecule has 1 N–H and O–H groups in total. The minimum Gasteiger partial charge on any atom is -0.458 e. The van der Waals surface area contributed by atoms with Crippen LogP contribution in [0.3, 0.4) is 0 Å². The van der Waals surface area contributed by atoms with Gasteiger partial charge in [-0.15, -0.1) is 0 Å². The molecule has 4 heteroatoms. The molecule has 1 aromatic carbocycles. The number of fused-ring (bicyclic) bond motifs is 1. The number of rotatable bonds is 5. The summed E-state index contributed by atoms with van der Waals surface area (Å²) in [6.45, 7) is 5.56. The molecule has 2 unspecified atom stereocenters. The summed E-state index contributed by atoms with van der Waals surface area (Å²) < 4.78 is 6.33. The zero-order valence-electron chi connectivity index (χ0n) is 12.6. The molecular weight excluding hydrogens is 302 g/mol. The van der Waals surface area contributed by atoms with E-state index in [9.17, 15) is 0 Å². The zero-order valence-corrected chi connectivity index (χ0v) is 14.2. The van der Waals surface area contributed by atoms with Gasteiger partial charge in [0.1, 0.15) is 5.76 Å². The highest BCUT2D eigenvalue weighted by atomic mass is 35.5. The van der Waals surface area contributed by atoms with Crippen LogP contribution in [0.2, 0.25) is 5.02 Å². The topological polar surface area (TPSA) is 25.2 Å². The summed E-state index contributed by atoms with van der Waals surface area (Å²) in [7, 11) is 0. The van der Waals surface area contributed by atoms with Crippen molar-refractivity contribution in [3.05, 3.63) is 35.0 Å². The Labute approximate surface area is 135 Å². The van der Waals surface area contributed by atoms with Crippen molar-refractivity contribution in [1.82, 2.24) is 5.32 Å². The van der Waals surface area contributed by atoms with Gasteiger partial charge < -0.3 is 9.73 Å². The van der Waals surface area contributed by atoms with Crippen LogP contribution in [0.15, 0.2) is 28.7 Å². The number of para-hydroxylation sites is 1. The summed E-state index contributed by atoms with van der Waals surface area (Å²) in [6.07, 6.45) is 3.63. The first-order valence-corrected chi connectivity index (χ1v) is 9.06. The molecule has 2 heterocycles. The van der Waals surface area contributed by atoms with Crippen LogP contribution in [0.5, 0.6) is 0 Å². The third kappa shape index (κ3) is 2.96. The van der Waals surface area contributed by atoms with E-state index in [1.54, 1.807) is 0 Å². The van der Waals surface area contributed by atoms with Crippen LogP contribution in [-0.2, 0) is 0 Å². The Morgan fingerprint density at radius 1 is 1.48 bits per heavy atom. The first-order valence-electron chi connectivity index (χ1n) is 7.69. The lowest BCUT2D eigenvalue weighted by Gasteiger charge is -2.32. The van der Waals surface area contributed by atoms with E-state index in [1.807, 2.05) is 12.1 Å². The molecule has 0 aliphatic carbocycles. The summed E-state index contributed by atoms with van der Waals surface area (Å²) in [5, 5.41) is 5.47. The largest absolute Gasteiger partial charge is 0.458 e. The maximum absolute atomic E-state index is 6.25. The molecule has 1 fully saturated rings. The van der Waals surface area contributed by atoms with Crippen molar-refractivity contribution < 1.29 is 4.42 Å². The van der Waals surface area contributed by atoms with E-state index in [2.05, 4.69) is 43.1 Å². The summed E-state index contributed by atoms with van der Waals surface area (Å²) in [5.41, 5.74) is 0.809. The Balaban J connectivity index is 1.99. The Hall–Kier alpha value is -0.640. The van der Waals surface area contributed by atoms with Crippen molar-refractivity contribution in [2.75, 3.05) is 12.3 Å². The van der Waals surface area contributed by atoms with Crippen molar-refractivity contribution in [3.8, 4) is 0 Å². The van der Waals surface area contributed by atoms with Crippen LogP contribution in [-0.4, -0.2) is 17.0 Å². The molecule has 2 nitrogen and oxygen atoms in total. The molecule has 21 heavy (non-hydrogen) atoms. The summed E-state index contributed by atoms with van der Waals surface area (Å²) in [6, 6.07) is 8.32. The third-order valence-electron chi connectivity index (χ3n) is 4.26. The molecule has 1 aromatic heterocycles. The van der Waals surface area contributed by atoms with Gasteiger partial charge in [-0.3, -0.25) is 0 Å². The second-order valence-electron chi connectivity index (χ2n) is 5.96. The highest BCUT2D eigenvalue weighted by Gasteiger charge is 2.40. The van der Waals surface area contributed by atoms with E-state index in [4.69, 9.17) is 16.0 Å². The van der Waals surface area contributed by atoms with Gasteiger partial charge in [0.25, 0.3) is 0 Å². The quantitative estimate of drug-likeness (QED) is 0.796. The zero-order chi connectivity index (χ0) is 14.9. The first-order chi connectivity index (χ1) is 10.1. The van der Waals surface area contributed by atoms with Crippen molar-refractivity contribution in [3.63, 3.8) is 0 Å². The Morgan fingerprint density at radius 2 is 2.33 bits per heavy atom. The SMILES string of the molecule is CCCNC(c1cc2cccc(Cl)c2o1)C1(C)CCCS1. The van der Waals surface area contributed by atoms with Gasteiger partial charge in [-0.1, -0.05) is 30.7 Å². The van der Waals surface area contributed by atoms with E-state index in [0.29, 0.717) is 5.02 Å².